The fourth-order valence-electron chi connectivity index (χ4n) is 4.36. The molecular formula is C24H23F5N4O3. The third-order valence-corrected chi connectivity index (χ3v) is 5.87. The number of aromatic amines is 1. The number of amides is 1. The number of benzene rings is 1. The molecule has 0 fully saturated rings. The van der Waals surface area contributed by atoms with Gasteiger partial charge >= 0.3 is 12.1 Å². The van der Waals surface area contributed by atoms with Gasteiger partial charge in [-0.05, 0) is 32.0 Å². The molecule has 0 aliphatic carbocycles. The molecule has 0 unspecified atom stereocenters. The number of aromatic nitrogens is 3. The summed E-state index contributed by atoms with van der Waals surface area (Å²) >= 11 is 0. The molecule has 0 radical (unpaired) electrons. The second kappa shape index (κ2) is 8.45. The van der Waals surface area contributed by atoms with E-state index in [0.717, 1.165) is 27.7 Å². The van der Waals surface area contributed by atoms with E-state index in [2.05, 4.69) is 9.97 Å². The maximum absolute atomic E-state index is 13.8. The number of H-pyrrole nitrogens is 1. The average Bonchev–Trinajstić information content (AvgIpc) is 3.25. The third-order valence-electron chi connectivity index (χ3n) is 5.87. The smallest absolute Gasteiger partial charge is 0.449 e. The molecule has 1 aromatic carbocycles. The quantitative estimate of drug-likeness (QED) is 0.401. The number of carbonyl (C=O) groups is 2. The molecular weight excluding hydrogens is 487 g/mol. The van der Waals surface area contributed by atoms with Crippen molar-refractivity contribution in [2.45, 2.75) is 45.4 Å². The van der Waals surface area contributed by atoms with Crippen LogP contribution in [0.5, 0.6) is 0 Å². The molecule has 1 N–H and O–H groups in total. The predicted octanol–water partition coefficient (Wildman–Crippen LogP) is 4.92. The van der Waals surface area contributed by atoms with E-state index in [1.807, 2.05) is 0 Å². The first-order chi connectivity index (χ1) is 16.6. The van der Waals surface area contributed by atoms with Crippen molar-refractivity contribution >= 4 is 28.6 Å². The van der Waals surface area contributed by atoms with Crippen LogP contribution in [0.3, 0.4) is 0 Å². The molecule has 1 aliphatic heterocycles. The highest BCUT2D eigenvalue weighted by Crippen LogP contribution is 2.42. The first kappa shape index (κ1) is 25.4. The summed E-state index contributed by atoms with van der Waals surface area (Å²) in [4.78, 5) is 34.2. The first-order valence-electron chi connectivity index (χ1n) is 11.0. The Bertz CT molecular complexity index is 1420. The SMILES string of the molecule is CC(C)OC(=O)C1=CN(C(=O)c2ccc(F)c(F)c2)CC(C)(C)c2c1[nH]c1c2nc(C(F)(F)F)n1C. The van der Waals surface area contributed by atoms with Crippen LogP contribution in [0, 0.1) is 11.6 Å². The summed E-state index contributed by atoms with van der Waals surface area (Å²) in [6.07, 6.45) is -4.05. The van der Waals surface area contributed by atoms with Crippen LogP contribution >= 0.6 is 0 Å². The summed E-state index contributed by atoms with van der Waals surface area (Å²) < 4.78 is 74.1. The van der Waals surface area contributed by atoms with E-state index < -0.39 is 47.0 Å². The summed E-state index contributed by atoms with van der Waals surface area (Å²) in [5.74, 6) is -5.05. The summed E-state index contributed by atoms with van der Waals surface area (Å²) in [6, 6.07) is 2.65. The van der Waals surface area contributed by atoms with E-state index in [0.29, 0.717) is 0 Å². The fourth-order valence-corrected chi connectivity index (χ4v) is 4.36. The molecule has 7 nitrogen and oxygen atoms in total. The average molecular weight is 510 g/mol. The minimum absolute atomic E-state index is 0.00445. The highest BCUT2D eigenvalue weighted by molar-refractivity contribution is 6.18. The van der Waals surface area contributed by atoms with Gasteiger partial charge in [0.1, 0.15) is 11.2 Å². The van der Waals surface area contributed by atoms with Crippen LogP contribution < -0.4 is 0 Å². The van der Waals surface area contributed by atoms with E-state index >= 15 is 0 Å². The van der Waals surface area contributed by atoms with Crippen molar-refractivity contribution in [1.29, 1.82) is 0 Å². The van der Waals surface area contributed by atoms with Gasteiger partial charge in [0, 0.05) is 36.3 Å². The van der Waals surface area contributed by atoms with Crippen LogP contribution in [0.15, 0.2) is 24.4 Å². The third kappa shape index (κ3) is 4.24. The number of nitrogens with zero attached hydrogens (tertiary/aromatic N) is 3. The summed E-state index contributed by atoms with van der Waals surface area (Å²) in [6.45, 7) is 6.48. The standard InChI is InChI=1S/C24H23F5N4O3/c1-11(2)36-21(35)13-9-33(20(34)12-6-7-14(25)15(26)8-12)10-23(3,4)16-17(13)30-19-18(16)31-22(32(19)5)24(27,28)29/h6-9,11,30H,10H2,1-5H3. The van der Waals surface area contributed by atoms with Gasteiger partial charge in [0.2, 0.25) is 5.82 Å². The number of esters is 1. The summed E-state index contributed by atoms with van der Waals surface area (Å²) in [5.41, 5.74) is -0.837. The van der Waals surface area contributed by atoms with Gasteiger partial charge in [-0.15, -0.1) is 0 Å². The normalized spacial score (nSPS) is 15.6. The maximum Gasteiger partial charge on any atom is 0.449 e. The van der Waals surface area contributed by atoms with Crippen molar-refractivity contribution < 1.29 is 36.3 Å². The van der Waals surface area contributed by atoms with Crippen molar-refractivity contribution in [3.8, 4) is 0 Å². The van der Waals surface area contributed by atoms with Crippen molar-refractivity contribution in [2.24, 2.45) is 7.05 Å². The summed E-state index contributed by atoms with van der Waals surface area (Å²) in [7, 11) is 1.20. The predicted molar refractivity (Wildman–Crippen MR) is 120 cm³/mol. The number of alkyl halides is 3. The molecule has 36 heavy (non-hydrogen) atoms. The zero-order valence-corrected chi connectivity index (χ0v) is 20.1. The monoisotopic (exact) mass is 510 g/mol. The first-order valence-corrected chi connectivity index (χ1v) is 11.0. The molecule has 3 aromatic rings. The zero-order chi connectivity index (χ0) is 26.7. The van der Waals surface area contributed by atoms with Gasteiger partial charge in [-0.3, -0.25) is 4.79 Å². The topological polar surface area (TPSA) is 80.2 Å². The highest BCUT2D eigenvalue weighted by Gasteiger charge is 2.42. The van der Waals surface area contributed by atoms with Gasteiger partial charge in [-0.1, -0.05) is 13.8 Å². The van der Waals surface area contributed by atoms with Crippen LogP contribution in [-0.2, 0) is 28.2 Å². The Labute approximate surface area is 202 Å². The lowest BCUT2D eigenvalue weighted by atomic mass is 9.83. The van der Waals surface area contributed by atoms with Gasteiger partial charge < -0.3 is 19.2 Å². The number of hydrogen-bond acceptors (Lipinski definition) is 4. The Kier molecular flexibility index (Phi) is 5.96. The van der Waals surface area contributed by atoms with Crippen LogP contribution in [-0.4, -0.2) is 44.0 Å². The van der Waals surface area contributed by atoms with Crippen molar-refractivity contribution in [3.63, 3.8) is 0 Å². The molecule has 2 aromatic heterocycles. The Morgan fingerprint density at radius 3 is 2.42 bits per heavy atom. The zero-order valence-electron chi connectivity index (χ0n) is 20.1. The van der Waals surface area contributed by atoms with Gasteiger partial charge in [-0.25, -0.2) is 18.6 Å². The molecule has 0 atom stereocenters. The number of carbonyl (C=O) groups excluding carboxylic acids is 2. The van der Waals surface area contributed by atoms with Crippen LogP contribution in [0.1, 0.15) is 55.1 Å². The molecule has 1 amide bonds. The minimum atomic E-state index is -4.72. The molecule has 0 bridgehead atoms. The Morgan fingerprint density at radius 2 is 1.83 bits per heavy atom. The second-order valence-electron chi connectivity index (χ2n) is 9.51. The van der Waals surface area contributed by atoms with Crippen LogP contribution in [0.4, 0.5) is 22.0 Å². The fraction of sp³-hybridized carbons (Fsp3) is 0.375. The van der Waals surface area contributed by atoms with Crippen molar-refractivity contribution in [1.82, 2.24) is 19.4 Å². The Balaban J connectivity index is 1.93. The molecule has 0 spiro atoms. The molecule has 3 heterocycles. The van der Waals surface area contributed by atoms with Gasteiger partial charge in [-0.2, -0.15) is 13.2 Å². The Morgan fingerprint density at radius 1 is 1.17 bits per heavy atom. The van der Waals surface area contributed by atoms with E-state index in [1.165, 1.54) is 13.2 Å². The number of nitrogens with one attached hydrogen (secondary N) is 1. The lowest BCUT2D eigenvalue weighted by Crippen LogP contribution is -2.37. The number of imidazole rings is 1. The number of ether oxygens (including phenoxy) is 1. The van der Waals surface area contributed by atoms with Crippen molar-refractivity contribution in [2.75, 3.05) is 6.54 Å². The molecule has 1 aliphatic rings. The minimum Gasteiger partial charge on any atom is -0.459 e. The lowest BCUT2D eigenvalue weighted by molar-refractivity contribution is -0.146. The maximum atomic E-state index is 13.8. The number of hydrogen-bond donors (Lipinski definition) is 1. The number of halogens is 5. The second-order valence-corrected chi connectivity index (χ2v) is 9.51. The Hall–Kier alpha value is -3.70. The summed E-state index contributed by atoms with van der Waals surface area (Å²) in [5, 5.41) is 0. The number of fused-ring (bicyclic) bond motifs is 3. The van der Waals surface area contributed by atoms with Gasteiger partial charge in [0.05, 0.1) is 17.4 Å². The molecule has 12 heteroatoms. The van der Waals surface area contributed by atoms with Gasteiger partial charge in [0.15, 0.2) is 11.6 Å². The highest BCUT2D eigenvalue weighted by atomic mass is 19.4. The van der Waals surface area contributed by atoms with Crippen LogP contribution in [0.25, 0.3) is 16.7 Å². The molecule has 4 rings (SSSR count). The number of aryl methyl sites for hydroxylation is 1. The van der Waals surface area contributed by atoms with E-state index in [1.54, 1.807) is 27.7 Å². The molecule has 0 saturated heterocycles. The van der Waals surface area contributed by atoms with E-state index in [-0.39, 0.29) is 40.1 Å². The van der Waals surface area contributed by atoms with Crippen LogP contribution in [0.2, 0.25) is 0 Å². The largest absolute Gasteiger partial charge is 0.459 e. The van der Waals surface area contributed by atoms with Crippen molar-refractivity contribution in [3.05, 3.63) is 58.7 Å². The van der Waals surface area contributed by atoms with Gasteiger partial charge in [0.25, 0.3) is 5.91 Å². The molecule has 192 valence electrons. The lowest BCUT2D eigenvalue weighted by Gasteiger charge is -2.29. The number of rotatable bonds is 3. The van der Waals surface area contributed by atoms with E-state index in [9.17, 15) is 31.5 Å². The van der Waals surface area contributed by atoms with E-state index in [4.69, 9.17) is 4.74 Å². The molecule has 0 saturated carbocycles.